The summed E-state index contributed by atoms with van der Waals surface area (Å²) in [6, 6.07) is 0. The number of rotatable bonds is 2. The van der Waals surface area contributed by atoms with Crippen LogP contribution in [0.5, 0.6) is 0 Å². The molecule has 1 rings (SSSR count). The third-order valence-corrected chi connectivity index (χ3v) is 28.4. The molecule has 1 fully saturated rings. The van der Waals surface area contributed by atoms with Gasteiger partial charge in [-0.1, -0.05) is 39.3 Å². The lowest BCUT2D eigenvalue weighted by Gasteiger charge is -2.64. The van der Waals surface area contributed by atoms with Gasteiger partial charge < -0.3 is 7.79 Å². The topological polar surface area (TPSA) is 6.48 Å². The molecule has 0 amide bonds. The van der Waals surface area contributed by atoms with Crippen LogP contribution in [0.4, 0.5) is 0 Å². The summed E-state index contributed by atoms with van der Waals surface area (Å²) in [6.07, 6.45) is 0. The van der Waals surface area contributed by atoms with E-state index in [1.54, 1.807) is 0 Å². The fourth-order valence-electron chi connectivity index (χ4n) is 3.06. The molecule has 0 saturated carbocycles. The summed E-state index contributed by atoms with van der Waals surface area (Å²) >= 11 is 0. The summed E-state index contributed by atoms with van der Waals surface area (Å²) in [5.41, 5.74) is 0. The Hall–Kier alpha value is 0.788. The minimum Gasteiger partial charge on any atom is -0.351 e. The Morgan fingerprint density at radius 2 is 0.857 bits per heavy atom. The van der Waals surface area contributed by atoms with Gasteiger partial charge in [-0.2, -0.15) is 0 Å². The van der Waals surface area contributed by atoms with Gasteiger partial charge >= 0.3 is 0 Å². The lowest BCUT2D eigenvalue weighted by Crippen LogP contribution is -2.85. The van der Waals surface area contributed by atoms with Crippen molar-refractivity contribution in [3.63, 3.8) is 0 Å². The van der Waals surface area contributed by atoms with Gasteiger partial charge in [-0.3, -0.25) is 0 Å². The van der Waals surface area contributed by atoms with E-state index in [4.69, 9.17) is 0 Å². The highest BCUT2D eigenvalue weighted by atomic mass is 28.5. The van der Waals surface area contributed by atoms with Gasteiger partial charge in [-0.15, -0.1) is 0 Å². The molecule has 1 aliphatic rings. The van der Waals surface area contributed by atoms with E-state index >= 15 is 0 Å². The second-order valence-electron chi connectivity index (χ2n) is 6.42. The van der Waals surface area contributed by atoms with E-state index in [1.165, 1.54) is 0 Å². The summed E-state index contributed by atoms with van der Waals surface area (Å²) < 4.78 is 6.04. The predicted molar refractivity (Wildman–Crippen MR) is 76.4 cm³/mol. The summed E-state index contributed by atoms with van der Waals surface area (Å²) in [5.74, 6) is 0. The largest absolute Gasteiger partial charge is 0.351 e. The van der Waals surface area contributed by atoms with Gasteiger partial charge in [0, 0.05) is 0 Å². The fraction of sp³-hybridized carbons (Fsp3) is 1.00. The Morgan fingerprint density at radius 3 is 1.00 bits per heavy atom. The number of hydrogen-bond acceptors (Lipinski definition) is 2. The van der Waals surface area contributed by atoms with Crippen LogP contribution in [0.15, 0.2) is 0 Å². The summed E-state index contributed by atoms with van der Waals surface area (Å²) in [6.45, 7) is 20.2. The minimum absolute atomic E-state index is 0.655. The van der Waals surface area contributed by atoms with Crippen molar-refractivity contribution in [2.24, 2.45) is 0 Å². The van der Waals surface area contributed by atoms with Gasteiger partial charge in [-0.05, 0) is 13.1 Å². The Bertz CT molecular complexity index is 188. The molecule has 0 aromatic rings. The first-order valence-corrected chi connectivity index (χ1v) is 16.9. The molecule has 0 aromatic carbocycles. The predicted octanol–water partition coefficient (Wildman–Crippen LogP) is 1.97. The van der Waals surface area contributed by atoms with E-state index in [-0.39, 0.29) is 0 Å². The Labute approximate surface area is 95.0 Å². The van der Waals surface area contributed by atoms with Crippen LogP contribution in [-0.4, -0.2) is 42.5 Å². The van der Waals surface area contributed by atoms with Crippen molar-refractivity contribution in [3.05, 3.63) is 0 Å². The average molecular weight is 263 g/mol. The number of hydrogen-bond donors (Lipinski definition) is 0. The Balaban J connectivity index is 2.76. The van der Waals surface area contributed by atoms with Crippen LogP contribution >= 0.6 is 0 Å². The van der Waals surface area contributed by atoms with Crippen molar-refractivity contribution in [1.29, 1.82) is 0 Å². The van der Waals surface area contributed by atoms with Crippen molar-refractivity contribution in [1.82, 2.24) is 7.79 Å². The van der Waals surface area contributed by atoms with Crippen LogP contribution < -0.4 is 0 Å². The molecule has 1 aliphatic heterocycles. The number of nitrogens with zero attached hydrogens (tertiary/aromatic N) is 2. The first-order chi connectivity index (χ1) is 6.07. The maximum absolute atomic E-state index is 3.02. The molecule has 84 valence electrons. The first-order valence-electron chi connectivity index (χ1n) is 5.63. The third kappa shape index (κ3) is 2.14. The molecule has 0 bridgehead atoms. The van der Waals surface area contributed by atoms with Crippen LogP contribution in [0.1, 0.15) is 0 Å². The summed E-state index contributed by atoms with van der Waals surface area (Å²) in [4.78, 5) is 0. The lowest BCUT2D eigenvalue weighted by atomic mass is 11.8. The summed E-state index contributed by atoms with van der Waals surface area (Å²) in [5, 5.41) is 0. The highest BCUT2D eigenvalue weighted by Crippen LogP contribution is 2.31. The molecule has 2 nitrogen and oxygen atoms in total. The van der Waals surface area contributed by atoms with Gasteiger partial charge in [-0.25, -0.2) is 0 Å². The van der Waals surface area contributed by atoms with E-state index in [0.717, 1.165) is 0 Å². The highest BCUT2D eigenvalue weighted by molar-refractivity contribution is 7.08. The zero-order valence-electron chi connectivity index (χ0n) is 11.0. The van der Waals surface area contributed by atoms with E-state index in [0.29, 0.717) is 0 Å². The molecule has 0 unspecified atom stereocenters. The molecule has 0 aliphatic carbocycles. The van der Waals surface area contributed by atoms with Crippen molar-refractivity contribution in [3.8, 4) is 0 Å². The second-order valence-corrected chi connectivity index (χ2v) is 24.1. The van der Waals surface area contributed by atoms with Crippen molar-refractivity contribution >= 4 is 34.7 Å². The van der Waals surface area contributed by atoms with Gasteiger partial charge in [0.15, 0.2) is 18.2 Å². The molecular formula is C8H26N2Si4. The third-order valence-electron chi connectivity index (χ3n) is 3.16. The highest BCUT2D eigenvalue weighted by Gasteiger charge is 2.52. The zero-order chi connectivity index (χ0) is 11.3. The molecule has 0 atom stereocenters. The molecule has 0 aromatic heterocycles. The molecule has 1 saturated heterocycles. The van der Waals surface area contributed by atoms with Crippen molar-refractivity contribution < 1.29 is 0 Å². The van der Waals surface area contributed by atoms with Crippen LogP contribution in [0.2, 0.25) is 52.4 Å². The molecule has 14 heavy (non-hydrogen) atoms. The smallest absolute Gasteiger partial charge is 0.161 e. The first kappa shape index (κ1) is 12.9. The fourth-order valence-corrected chi connectivity index (χ4v) is 31.0. The van der Waals surface area contributed by atoms with Crippen LogP contribution in [0, 0.1) is 0 Å². The van der Waals surface area contributed by atoms with E-state index in [9.17, 15) is 0 Å². The second kappa shape index (κ2) is 3.67. The molecule has 1 heterocycles. The minimum atomic E-state index is -0.983. The van der Waals surface area contributed by atoms with Crippen molar-refractivity contribution in [2.75, 3.05) is 0 Å². The molecular weight excluding hydrogens is 236 g/mol. The molecule has 0 radical (unpaired) electrons. The normalized spacial score (nSPS) is 31.7. The summed E-state index contributed by atoms with van der Waals surface area (Å²) in [7, 11) is -3.28. The van der Waals surface area contributed by atoms with Gasteiger partial charge in [0.25, 0.3) is 0 Å². The van der Waals surface area contributed by atoms with Crippen LogP contribution in [0.25, 0.3) is 0 Å². The Kier molecular flexibility index (Phi) is 3.37. The van der Waals surface area contributed by atoms with Crippen molar-refractivity contribution in [2.45, 2.75) is 52.4 Å². The van der Waals surface area contributed by atoms with E-state index < -0.39 is 34.7 Å². The van der Waals surface area contributed by atoms with Crippen LogP contribution in [-0.2, 0) is 0 Å². The van der Waals surface area contributed by atoms with Crippen LogP contribution in [0.3, 0.4) is 0 Å². The lowest BCUT2D eigenvalue weighted by molar-refractivity contribution is 0.687. The SMILES string of the molecule is C[SiH]1N([Si](C)(C)C)[SiH](C)N1[Si](C)(C)C. The quantitative estimate of drug-likeness (QED) is 0.702. The van der Waals surface area contributed by atoms with Gasteiger partial charge in [0.05, 0.1) is 0 Å². The van der Waals surface area contributed by atoms with E-state index in [2.05, 4.69) is 60.2 Å². The monoisotopic (exact) mass is 262 g/mol. The standard InChI is InChI=1S/C8H26N2Si4/c1-11-9(13(3,4)5)12(2)10(11)14(6,7)8/h11-12H,1-8H3. The maximum atomic E-state index is 3.02. The zero-order valence-corrected chi connectivity index (χ0v) is 15.4. The molecule has 6 heteroatoms. The average Bonchev–Trinajstić information content (AvgIpc) is 1.78. The van der Waals surface area contributed by atoms with E-state index in [1.807, 2.05) is 0 Å². The van der Waals surface area contributed by atoms with Gasteiger partial charge in [0.1, 0.15) is 16.5 Å². The molecule has 0 N–H and O–H groups in total. The Morgan fingerprint density at radius 1 is 0.643 bits per heavy atom. The maximum Gasteiger partial charge on any atom is 0.161 e. The molecule has 0 spiro atoms. The van der Waals surface area contributed by atoms with Gasteiger partial charge in [0.2, 0.25) is 0 Å².